The first kappa shape index (κ1) is 15.4. The van der Waals surface area contributed by atoms with Crippen LogP contribution in [0.1, 0.15) is 39.0 Å². The number of thiocarbonyl (C=S) groups is 1. The Morgan fingerprint density at radius 1 is 1.44 bits per heavy atom. The summed E-state index contributed by atoms with van der Waals surface area (Å²) < 4.78 is 5.05. The van der Waals surface area contributed by atoms with Crippen molar-refractivity contribution < 1.29 is 9.53 Å². The van der Waals surface area contributed by atoms with Gasteiger partial charge in [0.15, 0.2) is 0 Å². The van der Waals surface area contributed by atoms with Crippen LogP contribution in [0.3, 0.4) is 0 Å². The van der Waals surface area contributed by atoms with E-state index >= 15 is 0 Å². The zero-order valence-corrected chi connectivity index (χ0v) is 12.1. The molecular weight excluding hydrogens is 248 g/mol. The van der Waals surface area contributed by atoms with Gasteiger partial charge in [0.25, 0.3) is 0 Å². The molecule has 1 fully saturated rings. The average molecular weight is 272 g/mol. The van der Waals surface area contributed by atoms with Crippen LogP contribution in [-0.2, 0) is 9.53 Å². The molecule has 0 saturated heterocycles. The monoisotopic (exact) mass is 272 g/mol. The second kappa shape index (κ2) is 7.04. The van der Waals surface area contributed by atoms with Gasteiger partial charge in [-0.05, 0) is 18.8 Å². The third kappa shape index (κ3) is 3.65. The molecule has 1 aliphatic carbocycles. The van der Waals surface area contributed by atoms with Crippen molar-refractivity contribution in [3.8, 4) is 0 Å². The number of hydrogen-bond acceptors (Lipinski definition) is 3. The molecule has 4 nitrogen and oxygen atoms in total. The molecule has 1 amide bonds. The van der Waals surface area contributed by atoms with Gasteiger partial charge < -0.3 is 15.8 Å². The van der Waals surface area contributed by atoms with Crippen molar-refractivity contribution >= 4 is 23.1 Å². The fourth-order valence-corrected chi connectivity index (χ4v) is 2.82. The van der Waals surface area contributed by atoms with Crippen LogP contribution in [-0.4, -0.2) is 31.2 Å². The molecule has 104 valence electrons. The zero-order valence-electron chi connectivity index (χ0n) is 11.3. The smallest absolute Gasteiger partial charge is 0.233 e. The van der Waals surface area contributed by atoms with E-state index in [1.54, 1.807) is 7.11 Å². The summed E-state index contributed by atoms with van der Waals surface area (Å²) in [4.78, 5) is 12.7. The number of methoxy groups -OCH3 is 1. The van der Waals surface area contributed by atoms with Crippen molar-refractivity contribution in [1.82, 2.24) is 5.32 Å². The van der Waals surface area contributed by atoms with E-state index in [9.17, 15) is 4.79 Å². The van der Waals surface area contributed by atoms with Crippen LogP contribution in [0.25, 0.3) is 0 Å². The van der Waals surface area contributed by atoms with Crippen LogP contribution in [0.2, 0.25) is 0 Å². The van der Waals surface area contributed by atoms with Crippen molar-refractivity contribution in [1.29, 1.82) is 0 Å². The van der Waals surface area contributed by atoms with Crippen molar-refractivity contribution in [3.05, 3.63) is 0 Å². The lowest BCUT2D eigenvalue weighted by Crippen LogP contribution is -2.50. The summed E-state index contributed by atoms with van der Waals surface area (Å²) in [7, 11) is 1.66. The maximum Gasteiger partial charge on any atom is 0.233 e. The molecule has 0 heterocycles. The van der Waals surface area contributed by atoms with Crippen LogP contribution < -0.4 is 11.1 Å². The van der Waals surface area contributed by atoms with Crippen LogP contribution in [0.15, 0.2) is 0 Å². The molecule has 0 spiro atoms. The van der Waals surface area contributed by atoms with E-state index in [1.165, 1.54) is 0 Å². The highest BCUT2D eigenvalue weighted by Gasteiger charge is 2.42. The summed E-state index contributed by atoms with van der Waals surface area (Å²) in [6.07, 6.45) is 4.79. The van der Waals surface area contributed by atoms with Crippen LogP contribution in [0.5, 0.6) is 0 Å². The Balaban J connectivity index is 2.58. The van der Waals surface area contributed by atoms with Crippen LogP contribution >= 0.6 is 12.2 Å². The maximum atomic E-state index is 12.4. The number of rotatable bonds is 6. The Morgan fingerprint density at radius 2 is 2.06 bits per heavy atom. The van der Waals surface area contributed by atoms with Gasteiger partial charge >= 0.3 is 0 Å². The van der Waals surface area contributed by atoms with E-state index in [4.69, 9.17) is 22.7 Å². The number of carbonyl (C=O) groups is 1. The molecule has 1 atom stereocenters. The molecule has 0 bridgehead atoms. The second-order valence-corrected chi connectivity index (χ2v) is 5.72. The minimum atomic E-state index is -0.611. The lowest BCUT2D eigenvalue weighted by atomic mass is 9.73. The quantitative estimate of drug-likeness (QED) is 0.721. The fourth-order valence-electron chi connectivity index (χ4n) is 2.52. The van der Waals surface area contributed by atoms with Crippen molar-refractivity contribution in [2.24, 2.45) is 17.1 Å². The summed E-state index contributed by atoms with van der Waals surface area (Å²) in [6, 6.07) is 0. The lowest BCUT2D eigenvalue weighted by Gasteiger charge is -2.35. The molecule has 0 aromatic heterocycles. The molecule has 1 saturated carbocycles. The predicted octanol–water partition coefficient (Wildman–Crippen LogP) is 1.62. The Morgan fingerprint density at radius 3 is 2.56 bits per heavy atom. The topological polar surface area (TPSA) is 64.3 Å². The van der Waals surface area contributed by atoms with Crippen molar-refractivity contribution in [2.75, 3.05) is 20.3 Å². The highest BCUT2D eigenvalue weighted by molar-refractivity contribution is 7.80. The van der Waals surface area contributed by atoms with Gasteiger partial charge in [-0.2, -0.15) is 0 Å². The number of amides is 1. The molecule has 0 aromatic carbocycles. The number of nitrogens with two attached hydrogens (primary N) is 1. The first-order valence-electron chi connectivity index (χ1n) is 6.60. The predicted molar refractivity (Wildman–Crippen MR) is 76.4 cm³/mol. The average Bonchev–Trinajstić information content (AvgIpc) is 2.37. The normalized spacial score (nSPS) is 20.1. The Hall–Kier alpha value is -0.680. The number of carbonyl (C=O) groups excluding carboxylic acids is 1. The van der Waals surface area contributed by atoms with Gasteiger partial charge in [0, 0.05) is 13.7 Å². The SMILES string of the molecule is COCC(C)CNC(=O)C1(C(N)=S)CCCCC1. The molecule has 0 aliphatic heterocycles. The van der Waals surface area contributed by atoms with E-state index in [0.717, 1.165) is 32.1 Å². The van der Waals surface area contributed by atoms with E-state index in [1.807, 2.05) is 6.92 Å². The van der Waals surface area contributed by atoms with E-state index < -0.39 is 5.41 Å². The van der Waals surface area contributed by atoms with E-state index in [2.05, 4.69) is 5.32 Å². The largest absolute Gasteiger partial charge is 0.392 e. The standard InChI is InChI=1S/C13H24N2O2S/c1-10(9-17-2)8-15-12(16)13(11(14)18)6-4-3-5-7-13/h10H,3-9H2,1-2H3,(H2,14,18)(H,15,16). The molecule has 0 radical (unpaired) electrons. The third-order valence-electron chi connectivity index (χ3n) is 3.68. The van der Waals surface area contributed by atoms with Crippen LogP contribution in [0.4, 0.5) is 0 Å². The summed E-state index contributed by atoms with van der Waals surface area (Å²) in [5.41, 5.74) is 5.20. The molecule has 18 heavy (non-hydrogen) atoms. The molecule has 1 aliphatic rings. The van der Waals surface area contributed by atoms with Crippen LogP contribution in [0, 0.1) is 11.3 Å². The van der Waals surface area contributed by atoms with Gasteiger partial charge in [-0.3, -0.25) is 4.79 Å². The van der Waals surface area contributed by atoms with Gasteiger partial charge in [0.2, 0.25) is 5.91 Å². The van der Waals surface area contributed by atoms with Gasteiger partial charge in [0.1, 0.15) is 0 Å². The number of ether oxygens (including phenoxy) is 1. The zero-order chi connectivity index (χ0) is 13.6. The number of nitrogens with one attached hydrogen (secondary N) is 1. The molecule has 0 aromatic rings. The van der Waals surface area contributed by atoms with Gasteiger partial charge in [-0.1, -0.05) is 38.4 Å². The summed E-state index contributed by atoms with van der Waals surface area (Å²) >= 11 is 5.13. The first-order valence-corrected chi connectivity index (χ1v) is 7.01. The van der Waals surface area contributed by atoms with Gasteiger partial charge in [-0.25, -0.2) is 0 Å². The Labute approximate surface area is 115 Å². The van der Waals surface area contributed by atoms with Gasteiger partial charge in [0.05, 0.1) is 17.0 Å². The Bertz CT molecular complexity index is 301. The molecule has 1 rings (SSSR count). The summed E-state index contributed by atoms with van der Waals surface area (Å²) in [6.45, 7) is 3.29. The minimum Gasteiger partial charge on any atom is -0.392 e. The van der Waals surface area contributed by atoms with E-state index in [-0.39, 0.29) is 5.91 Å². The summed E-state index contributed by atoms with van der Waals surface area (Å²) in [5, 5.41) is 2.97. The maximum absolute atomic E-state index is 12.4. The molecular formula is C13H24N2O2S. The van der Waals surface area contributed by atoms with Crippen molar-refractivity contribution in [2.45, 2.75) is 39.0 Å². The summed E-state index contributed by atoms with van der Waals surface area (Å²) in [5.74, 6) is 0.295. The van der Waals surface area contributed by atoms with Gasteiger partial charge in [-0.15, -0.1) is 0 Å². The van der Waals surface area contributed by atoms with Crippen molar-refractivity contribution in [3.63, 3.8) is 0 Å². The number of hydrogen-bond donors (Lipinski definition) is 2. The second-order valence-electron chi connectivity index (χ2n) is 5.28. The lowest BCUT2D eigenvalue weighted by molar-refractivity contribution is -0.129. The van der Waals surface area contributed by atoms with E-state index in [0.29, 0.717) is 24.1 Å². The fraction of sp³-hybridized carbons (Fsp3) is 0.846. The highest BCUT2D eigenvalue weighted by atomic mass is 32.1. The minimum absolute atomic E-state index is 0.00217. The highest BCUT2D eigenvalue weighted by Crippen LogP contribution is 2.36. The molecule has 1 unspecified atom stereocenters. The molecule has 3 N–H and O–H groups in total. The third-order valence-corrected chi connectivity index (χ3v) is 4.07. The first-order chi connectivity index (χ1) is 8.53. The Kier molecular flexibility index (Phi) is 6.02. The molecule has 5 heteroatoms.